The van der Waals surface area contributed by atoms with Crippen molar-refractivity contribution >= 4 is 41.7 Å². The number of ether oxygens (including phenoxy) is 1. The topological polar surface area (TPSA) is 69.2 Å². The molecule has 0 bridgehead atoms. The molecule has 1 aromatic rings. The number of rotatable bonds is 4. The van der Waals surface area contributed by atoms with Crippen LogP contribution in [0.25, 0.3) is 0 Å². The van der Waals surface area contributed by atoms with Crippen molar-refractivity contribution in [3.05, 3.63) is 29.3 Å². The summed E-state index contributed by atoms with van der Waals surface area (Å²) in [6.07, 6.45) is 0.505. The van der Waals surface area contributed by atoms with Crippen LogP contribution in [0, 0.1) is 6.92 Å². The third-order valence-corrected chi connectivity index (χ3v) is 4.58. The molecule has 164 valence electrons. The predicted octanol–water partition coefficient (Wildman–Crippen LogP) is 3.35. The Labute approximate surface area is 192 Å². The van der Waals surface area contributed by atoms with E-state index in [0.29, 0.717) is 13.1 Å². The van der Waals surface area contributed by atoms with E-state index in [1.165, 1.54) is 16.8 Å². The Hall–Kier alpha value is -1.71. The molecule has 0 spiro atoms. The minimum Gasteiger partial charge on any atom is -0.444 e. The van der Waals surface area contributed by atoms with E-state index in [9.17, 15) is 4.79 Å². The van der Waals surface area contributed by atoms with Gasteiger partial charge in [-0.25, -0.2) is 4.79 Å². The number of hydrogen-bond donors (Lipinski definition) is 2. The number of aliphatic imine (C=N–C) groups is 1. The molecular weight excluding hydrogens is 481 g/mol. The molecule has 1 atom stereocenters. The summed E-state index contributed by atoms with van der Waals surface area (Å²) in [5, 5.41) is 6.42. The number of guanidine groups is 1. The number of halogens is 1. The number of hydrogen-bond acceptors (Lipinski definition) is 4. The van der Waals surface area contributed by atoms with Crippen LogP contribution in [0.2, 0.25) is 0 Å². The van der Waals surface area contributed by atoms with Crippen molar-refractivity contribution in [2.24, 2.45) is 4.99 Å². The van der Waals surface area contributed by atoms with Gasteiger partial charge in [0.05, 0.1) is 6.04 Å². The summed E-state index contributed by atoms with van der Waals surface area (Å²) in [6.45, 7) is 9.96. The maximum Gasteiger partial charge on any atom is 0.407 e. The summed E-state index contributed by atoms with van der Waals surface area (Å²) in [7, 11) is 5.90. The summed E-state index contributed by atoms with van der Waals surface area (Å²) in [5.41, 5.74) is 3.18. The van der Waals surface area contributed by atoms with Crippen LogP contribution in [0.3, 0.4) is 0 Å². The summed E-state index contributed by atoms with van der Waals surface area (Å²) < 4.78 is 5.35. The molecule has 0 saturated carbocycles. The molecule has 1 aliphatic rings. The number of likely N-dealkylation sites (tertiary alicyclic amines) is 1. The Morgan fingerprint density at radius 1 is 1.34 bits per heavy atom. The highest BCUT2D eigenvalue weighted by Gasteiger charge is 2.27. The highest BCUT2D eigenvalue weighted by atomic mass is 127. The molecular formula is C21H36IN5O2. The molecule has 0 radical (unpaired) electrons. The first-order valence-electron chi connectivity index (χ1n) is 9.81. The summed E-state index contributed by atoms with van der Waals surface area (Å²) >= 11 is 0. The molecule has 29 heavy (non-hydrogen) atoms. The maximum absolute atomic E-state index is 12.0. The van der Waals surface area contributed by atoms with E-state index in [-0.39, 0.29) is 36.1 Å². The normalized spacial score (nSPS) is 16.9. The van der Waals surface area contributed by atoms with Gasteiger partial charge in [0.2, 0.25) is 0 Å². The zero-order valence-corrected chi connectivity index (χ0v) is 21.0. The highest BCUT2D eigenvalue weighted by Crippen LogP contribution is 2.20. The molecule has 2 rings (SSSR count). The molecule has 1 aromatic carbocycles. The first-order chi connectivity index (χ1) is 13.1. The monoisotopic (exact) mass is 517 g/mol. The standard InChI is InChI=1S/C21H35N5O2.HI/c1-15-8-9-16(18(12-15)25(6)7)13-23-19(22-5)26-11-10-17(14-26)24-20(27)28-21(2,3)4;/h8-9,12,17H,10-11,13-14H2,1-7H3,(H,22,23)(H,24,27);1H/t17-;/m1./s1. The van der Waals surface area contributed by atoms with Crippen molar-refractivity contribution in [3.8, 4) is 0 Å². The Balaban J connectivity index is 0.00000420. The summed E-state index contributed by atoms with van der Waals surface area (Å²) in [6, 6.07) is 6.53. The van der Waals surface area contributed by atoms with E-state index >= 15 is 0 Å². The number of aryl methyl sites for hydroxylation is 1. The average molecular weight is 517 g/mol. The first kappa shape index (κ1) is 25.3. The molecule has 7 nitrogen and oxygen atoms in total. The Bertz CT molecular complexity index is 716. The Kier molecular flexibility index (Phi) is 9.51. The van der Waals surface area contributed by atoms with Crippen LogP contribution in [0.15, 0.2) is 23.2 Å². The number of anilines is 1. The third-order valence-electron chi connectivity index (χ3n) is 4.58. The fourth-order valence-electron chi connectivity index (χ4n) is 3.29. The van der Waals surface area contributed by atoms with Gasteiger partial charge in [-0.3, -0.25) is 4.99 Å². The number of benzene rings is 1. The fourth-order valence-corrected chi connectivity index (χ4v) is 3.29. The van der Waals surface area contributed by atoms with E-state index in [4.69, 9.17) is 4.74 Å². The zero-order chi connectivity index (χ0) is 20.9. The van der Waals surface area contributed by atoms with Crippen molar-refractivity contribution in [1.82, 2.24) is 15.5 Å². The summed E-state index contributed by atoms with van der Waals surface area (Å²) in [4.78, 5) is 20.7. The molecule has 0 aromatic heterocycles. The second-order valence-corrected chi connectivity index (χ2v) is 8.51. The minimum atomic E-state index is -0.488. The lowest BCUT2D eigenvalue weighted by Crippen LogP contribution is -2.44. The van der Waals surface area contributed by atoms with Gasteiger partial charge < -0.3 is 25.2 Å². The molecule has 0 aliphatic carbocycles. The van der Waals surface area contributed by atoms with Crippen molar-refractivity contribution < 1.29 is 9.53 Å². The minimum absolute atomic E-state index is 0. The van der Waals surface area contributed by atoms with Gasteiger partial charge in [-0.15, -0.1) is 24.0 Å². The van der Waals surface area contributed by atoms with Crippen LogP contribution in [0.4, 0.5) is 10.5 Å². The lowest BCUT2D eigenvalue weighted by Gasteiger charge is -2.24. The second-order valence-electron chi connectivity index (χ2n) is 8.51. The Morgan fingerprint density at radius 2 is 2.03 bits per heavy atom. The van der Waals surface area contributed by atoms with Crippen LogP contribution in [0.1, 0.15) is 38.3 Å². The molecule has 1 saturated heterocycles. The molecule has 1 amide bonds. The SMILES string of the molecule is CN=C(NCc1ccc(C)cc1N(C)C)N1CC[C@@H](NC(=O)OC(C)(C)C)C1.I. The lowest BCUT2D eigenvalue weighted by molar-refractivity contribution is 0.0507. The number of nitrogens with one attached hydrogen (secondary N) is 2. The number of alkyl carbamates (subject to hydrolysis) is 1. The molecule has 1 aliphatic heterocycles. The lowest BCUT2D eigenvalue weighted by atomic mass is 10.1. The van der Waals surface area contributed by atoms with Crippen LogP contribution in [0.5, 0.6) is 0 Å². The number of nitrogens with zero attached hydrogens (tertiary/aromatic N) is 3. The van der Waals surface area contributed by atoms with Crippen molar-refractivity contribution in [3.63, 3.8) is 0 Å². The molecule has 0 unspecified atom stereocenters. The molecule has 8 heteroatoms. The second kappa shape index (κ2) is 10.9. The van der Waals surface area contributed by atoms with E-state index < -0.39 is 5.60 Å². The first-order valence-corrected chi connectivity index (χ1v) is 9.81. The quantitative estimate of drug-likeness (QED) is 0.364. The largest absolute Gasteiger partial charge is 0.444 e. The van der Waals surface area contributed by atoms with E-state index in [2.05, 4.69) is 64.6 Å². The van der Waals surface area contributed by atoms with Gasteiger partial charge in [-0.05, 0) is 51.3 Å². The predicted molar refractivity (Wildman–Crippen MR) is 130 cm³/mol. The molecule has 2 N–H and O–H groups in total. The number of carbonyl (C=O) groups is 1. The van der Waals surface area contributed by atoms with Crippen molar-refractivity contribution in [2.75, 3.05) is 39.1 Å². The molecule has 1 heterocycles. The van der Waals surface area contributed by atoms with E-state index in [1.54, 1.807) is 7.05 Å². The van der Waals surface area contributed by atoms with Crippen LogP contribution >= 0.6 is 24.0 Å². The van der Waals surface area contributed by atoms with Crippen LogP contribution in [-0.4, -0.2) is 62.8 Å². The highest BCUT2D eigenvalue weighted by molar-refractivity contribution is 14.0. The average Bonchev–Trinajstić information content (AvgIpc) is 3.02. The third kappa shape index (κ3) is 7.91. The Morgan fingerprint density at radius 3 is 2.62 bits per heavy atom. The number of amides is 1. The fraction of sp³-hybridized carbons (Fsp3) is 0.619. The van der Waals surface area contributed by atoms with E-state index in [1.807, 2.05) is 20.8 Å². The van der Waals surface area contributed by atoms with Gasteiger partial charge >= 0.3 is 6.09 Å². The maximum atomic E-state index is 12.0. The van der Waals surface area contributed by atoms with E-state index in [0.717, 1.165) is 18.9 Å². The van der Waals surface area contributed by atoms with Crippen molar-refractivity contribution in [2.45, 2.75) is 52.3 Å². The molecule has 1 fully saturated rings. The van der Waals surface area contributed by atoms with Gasteiger partial charge in [-0.1, -0.05) is 12.1 Å². The van der Waals surface area contributed by atoms with Crippen molar-refractivity contribution in [1.29, 1.82) is 0 Å². The van der Waals surface area contributed by atoms with Crippen LogP contribution < -0.4 is 15.5 Å². The van der Waals surface area contributed by atoms with Gasteiger partial charge in [-0.2, -0.15) is 0 Å². The number of carbonyl (C=O) groups excluding carboxylic acids is 1. The van der Waals surface area contributed by atoms with Gasteiger partial charge in [0, 0.05) is 46.5 Å². The van der Waals surface area contributed by atoms with Crippen LogP contribution in [-0.2, 0) is 11.3 Å². The smallest absolute Gasteiger partial charge is 0.407 e. The van der Waals surface area contributed by atoms with Gasteiger partial charge in [0.15, 0.2) is 5.96 Å². The van der Waals surface area contributed by atoms with Gasteiger partial charge in [0.25, 0.3) is 0 Å². The van der Waals surface area contributed by atoms with Gasteiger partial charge in [0.1, 0.15) is 5.60 Å². The summed E-state index contributed by atoms with van der Waals surface area (Å²) in [5.74, 6) is 0.846. The zero-order valence-electron chi connectivity index (χ0n) is 18.7.